The van der Waals surface area contributed by atoms with Gasteiger partial charge in [0.05, 0.1) is 5.56 Å². The van der Waals surface area contributed by atoms with Crippen LogP contribution < -0.4 is 16.8 Å². The van der Waals surface area contributed by atoms with Crippen molar-refractivity contribution in [3.63, 3.8) is 0 Å². The summed E-state index contributed by atoms with van der Waals surface area (Å²) in [5, 5.41) is 11.3. The van der Waals surface area contributed by atoms with Crippen molar-refractivity contribution < 1.29 is 9.90 Å². The summed E-state index contributed by atoms with van der Waals surface area (Å²) in [6.45, 7) is 0.670. The van der Waals surface area contributed by atoms with E-state index >= 15 is 0 Å². The van der Waals surface area contributed by atoms with Gasteiger partial charge in [0.25, 0.3) is 5.91 Å². The van der Waals surface area contributed by atoms with Crippen LogP contribution in [0.25, 0.3) is 0 Å². The van der Waals surface area contributed by atoms with Gasteiger partial charge in [-0.25, -0.2) is 0 Å². The Bertz CT molecular complexity index is 366. The summed E-state index contributed by atoms with van der Waals surface area (Å²) in [7, 11) is 0. The quantitative estimate of drug-likeness (QED) is 0.427. The highest BCUT2D eigenvalue weighted by molar-refractivity contribution is 5.99. The molecular weight excluding hydrogens is 206 g/mol. The van der Waals surface area contributed by atoms with Gasteiger partial charge in [0.2, 0.25) is 0 Å². The van der Waals surface area contributed by atoms with Gasteiger partial charge in [0, 0.05) is 24.5 Å². The van der Waals surface area contributed by atoms with Crippen molar-refractivity contribution in [3.8, 4) is 0 Å². The third kappa shape index (κ3) is 3.43. The molecule has 1 rings (SSSR count). The second-order valence-electron chi connectivity index (χ2n) is 3.53. The van der Waals surface area contributed by atoms with Gasteiger partial charge < -0.3 is 21.9 Å². The molecule has 0 bridgehead atoms. The van der Waals surface area contributed by atoms with Crippen LogP contribution in [0.5, 0.6) is 0 Å². The van der Waals surface area contributed by atoms with E-state index < -0.39 is 0 Å². The van der Waals surface area contributed by atoms with Crippen molar-refractivity contribution in [2.24, 2.45) is 0 Å². The van der Waals surface area contributed by atoms with Crippen molar-refractivity contribution in [3.05, 3.63) is 23.8 Å². The summed E-state index contributed by atoms with van der Waals surface area (Å²) >= 11 is 0. The Hall–Kier alpha value is -1.75. The Balaban J connectivity index is 2.53. The van der Waals surface area contributed by atoms with E-state index in [0.29, 0.717) is 29.9 Å². The highest BCUT2D eigenvalue weighted by Crippen LogP contribution is 2.15. The molecule has 0 saturated carbocycles. The number of unbranched alkanes of at least 4 members (excludes halogenated alkanes) is 1. The minimum Gasteiger partial charge on any atom is -0.399 e. The lowest BCUT2D eigenvalue weighted by Crippen LogP contribution is -2.25. The molecule has 5 heteroatoms. The molecule has 0 aliphatic carbocycles. The molecule has 0 heterocycles. The number of nitrogens with two attached hydrogens (primary N) is 2. The molecule has 0 saturated heterocycles. The predicted molar refractivity (Wildman–Crippen MR) is 63.9 cm³/mol. The first kappa shape index (κ1) is 12.3. The minimum atomic E-state index is -0.213. The highest BCUT2D eigenvalue weighted by Gasteiger charge is 2.08. The third-order valence-corrected chi connectivity index (χ3v) is 2.19. The largest absolute Gasteiger partial charge is 0.399 e. The summed E-state index contributed by atoms with van der Waals surface area (Å²) in [5.41, 5.74) is 12.5. The number of nitrogens with one attached hydrogen (secondary N) is 1. The molecule has 16 heavy (non-hydrogen) atoms. The number of hydrogen-bond donors (Lipinski definition) is 4. The van der Waals surface area contributed by atoms with Crippen molar-refractivity contribution in [1.82, 2.24) is 5.32 Å². The maximum absolute atomic E-state index is 11.6. The number of carbonyl (C=O) groups is 1. The Labute approximate surface area is 94.4 Å². The second kappa shape index (κ2) is 5.97. The number of benzene rings is 1. The first-order valence-corrected chi connectivity index (χ1v) is 5.19. The monoisotopic (exact) mass is 223 g/mol. The number of aliphatic hydroxyl groups excluding tert-OH is 1. The molecule has 1 amide bonds. The van der Waals surface area contributed by atoms with Gasteiger partial charge in [-0.3, -0.25) is 4.79 Å². The molecule has 0 atom stereocenters. The lowest BCUT2D eigenvalue weighted by molar-refractivity contribution is 0.0953. The predicted octanol–water partition coefficient (Wildman–Crippen LogP) is 0.353. The van der Waals surface area contributed by atoms with Crippen LogP contribution in [0.2, 0.25) is 0 Å². The van der Waals surface area contributed by atoms with Crippen LogP contribution in [0.3, 0.4) is 0 Å². The minimum absolute atomic E-state index is 0.139. The van der Waals surface area contributed by atoms with Gasteiger partial charge in [0.15, 0.2) is 0 Å². The second-order valence-corrected chi connectivity index (χ2v) is 3.53. The molecule has 0 fully saturated rings. The average molecular weight is 223 g/mol. The lowest BCUT2D eigenvalue weighted by atomic mass is 10.1. The fraction of sp³-hybridized carbons (Fsp3) is 0.364. The van der Waals surface area contributed by atoms with Gasteiger partial charge in [0.1, 0.15) is 0 Å². The van der Waals surface area contributed by atoms with Crippen molar-refractivity contribution in [1.29, 1.82) is 0 Å². The van der Waals surface area contributed by atoms with Crippen LogP contribution in [0.4, 0.5) is 11.4 Å². The summed E-state index contributed by atoms with van der Waals surface area (Å²) in [6.07, 6.45) is 1.43. The SMILES string of the molecule is Nc1ccc(C(=O)NCCCCO)c(N)c1. The number of nitrogen functional groups attached to an aromatic ring is 2. The number of rotatable bonds is 5. The first-order chi connectivity index (χ1) is 7.65. The zero-order chi connectivity index (χ0) is 12.0. The number of amides is 1. The Morgan fingerprint density at radius 1 is 1.31 bits per heavy atom. The van der Waals surface area contributed by atoms with Crippen LogP contribution in [0.15, 0.2) is 18.2 Å². The van der Waals surface area contributed by atoms with Crippen LogP contribution in [0.1, 0.15) is 23.2 Å². The maximum atomic E-state index is 11.6. The van der Waals surface area contributed by atoms with Crippen LogP contribution in [-0.2, 0) is 0 Å². The van der Waals surface area contributed by atoms with Gasteiger partial charge in [-0.2, -0.15) is 0 Å². The molecule has 1 aromatic carbocycles. The average Bonchev–Trinajstić information content (AvgIpc) is 2.24. The topological polar surface area (TPSA) is 101 Å². The lowest BCUT2D eigenvalue weighted by Gasteiger charge is -2.07. The highest BCUT2D eigenvalue weighted by atomic mass is 16.2. The third-order valence-electron chi connectivity index (χ3n) is 2.19. The van der Waals surface area contributed by atoms with E-state index in [-0.39, 0.29) is 12.5 Å². The first-order valence-electron chi connectivity index (χ1n) is 5.19. The Kier molecular flexibility index (Phi) is 4.60. The summed E-state index contributed by atoms with van der Waals surface area (Å²) in [5.74, 6) is -0.213. The standard InChI is InChI=1S/C11H17N3O2/c12-8-3-4-9(10(13)7-8)11(16)14-5-1-2-6-15/h3-4,7,15H,1-2,5-6,12-13H2,(H,14,16). The number of carbonyl (C=O) groups excluding carboxylic acids is 1. The molecule has 88 valence electrons. The van der Waals surface area contributed by atoms with Gasteiger partial charge in [-0.05, 0) is 31.0 Å². The van der Waals surface area contributed by atoms with Crippen LogP contribution >= 0.6 is 0 Å². The van der Waals surface area contributed by atoms with Crippen molar-refractivity contribution in [2.45, 2.75) is 12.8 Å². The molecule has 0 unspecified atom stereocenters. The van der Waals surface area contributed by atoms with Crippen LogP contribution in [0, 0.1) is 0 Å². The molecule has 0 aromatic heterocycles. The Morgan fingerprint density at radius 3 is 2.69 bits per heavy atom. The van der Waals surface area contributed by atoms with Crippen molar-refractivity contribution >= 4 is 17.3 Å². The van der Waals surface area contributed by atoms with E-state index in [2.05, 4.69) is 5.32 Å². The molecule has 0 aliphatic heterocycles. The number of hydrogen-bond acceptors (Lipinski definition) is 4. The molecular formula is C11H17N3O2. The zero-order valence-corrected chi connectivity index (χ0v) is 9.07. The van der Waals surface area contributed by atoms with E-state index in [1.807, 2.05) is 0 Å². The normalized spacial score (nSPS) is 10.1. The Morgan fingerprint density at radius 2 is 2.06 bits per heavy atom. The number of aliphatic hydroxyl groups is 1. The van der Waals surface area contributed by atoms with Gasteiger partial charge >= 0.3 is 0 Å². The molecule has 6 N–H and O–H groups in total. The van der Waals surface area contributed by atoms with E-state index in [9.17, 15) is 4.79 Å². The molecule has 0 radical (unpaired) electrons. The van der Waals surface area contributed by atoms with E-state index in [1.54, 1.807) is 18.2 Å². The summed E-state index contributed by atoms with van der Waals surface area (Å²) < 4.78 is 0. The fourth-order valence-corrected chi connectivity index (χ4v) is 1.32. The van der Waals surface area contributed by atoms with Crippen LogP contribution in [-0.4, -0.2) is 24.2 Å². The van der Waals surface area contributed by atoms with Gasteiger partial charge in [-0.1, -0.05) is 0 Å². The van der Waals surface area contributed by atoms with E-state index in [0.717, 1.165) is 6.42 Å². The van der Waals surface area contributed by atoms with E-state index in [4.69, 9.17) is 16.6 Å². The molecule has 1 aromatic rings. The number of anilines is 2. The zero-order valence-electron chi connectivity index (χ0n) is 9.07. The van der Waals surface area contributed by atoms with Crippen molar-refractivity contribution in [2.75, 3.05) is 24.6 Å². The fourth-order valence-electron chi connectivity index (χ4n) is 1.32. The smallest absolute Gasteiger partial charge is 0.253 e. The van der Waals surface area contributed by atoms with E-state index in [1.165, 1.54) is 0 Å². The molecule has 0 aliphatic rings. The molecule has 5 nitrogen and oxygen atoms in total. The van der Waals surface area contributed by atoms with Gasteiger partial charge in [-0.15, -0.1) is 0 Å². The summed E-state index contributed by atoms with van der Waals surface area (Å²) in [6, 6.07) is 4.80. The summed E-state index contributed by atoms with van der Waals surface area (Å²) in [4.78, 5) is 11.6. The maximum Gasteiger partial charge on any atom is 0.253 e. The molecule has 0 spiro atoms.